The van der Waals surface area contributed by atoms with Gasteiger partial charge >= 0.3 is 0 Å². The number of hydrogen-bond donors (Lipinski definition) is 1. The van der Waals surface area contributed by atoms with Crippen molar-refractivity contribution in [2.75, 3.05) is 0 Å². The first-order valence-corrected chi connectivity index (χ1v) is 4.69. The molecule has 0 aliphatic rings. The van der Waals surface area contributed by atoms with Crippen molar-refractivity contribution in [2.45, 2.75) is 18.7 Å². The normalized spacial score (nSPS) is 10.1. The van der Waals surface area contributed by atoms with Gasteiger partial charge in [-0.15, -0.1) is 12.6 Å². The van der Waals surface area contributed by atoms with Crippen molar-refractivity contribution < 1.29 is 4.39 Å². The Kier molecular flexibility index (Phi) is 3.34. The molecule has 1 aromatic heterocycles. The number of rotatable bonds is 0. The Balaban J connectivity index is 3.11. The van der Waals surface area contributed by atoms with Crippen molar-refractivity contribution in [1.29, 1.82) is 5.26 Å². The first-order valence-electron chi connectivity index (χ1n) is 4.24. The van der Waals surface area contributed by atoms with Crippen molar-refractivity contribution >= 4 is 12.6 Å². The number of halogens is 1. The Hall–Kier alpha value is -1.52. The fraction of sp³-hybridized carbons (Fsp3) is 0.273. The molecule has 0 spiro atoms. The standard InChI is InChI=1S/C11H9FN2S/c1-11(2,7-13)5-3-8-10(12)9(15)4-6-14-8/h4,6H,1-2H3,(H,14,15). The van der Waals surface area contributed by atoms with E-state index in [-0.39, 0.29) is 10.6 Å². The summed E-state index contributed by atoms with van der Waals surface area (Å²) in [5.74, 6) is 4.63. The Morgan fingerprint density at radius 1 is 1.53 bits per heavy atom. The molecule has 0 saturated carbocycles. The zero-order valence-corrected chi connectivity index (χ0v) is 9.27. The summed E-state index contributed by atoms with van der Waals surface area (Å²) in [5, 5.41) is 8.71. The lowest BCUT2D eigenvalue weighted by Gasteiger charge is -2.03. The SMILES string of the molecule is CC(C)(C#N)C#Cc1nccc(S)c1F. The van der Waals surface area contributed by atoms with Crippen molar-refractivity contribution in [2.24, 2.45) is 5.41 Å². The quantitative estimate of drug-likeness (QED) is 0.538. The maximum absolute atomic E-state index is 13.4. The third-order valence-corrected chi connectivity index (χ3v) is 1.99. The van der Waals surface area contributed by atoms with Crippen LogP contribution < -0.4 is 0 Å². The number of nitriles is 1. The van der Waals surface area contributed by atoms with Crippen LogP contribution in [0.1, 0.15) is 19.5 Å². The van der Waals surface area contributed by atoms with E-state index in [1.54, 1.807) is 13.8 Å². The highest BCUT2D eigenvalue weighted by Crippen LogP contribution is 2.15. The van der Waals surface area contributed by atoms with E-state index in [1.807, 2.05) is 6.07 Å². The van der Waals surface area contributed by atoms with Gasteiger partial charge in [-0.05, 0) is 25.8 Å². The lowest BCUT2D eigenvalue weighted by Crippen LogP contribution is -2.03. The van der Waals surface area contributed by atoms with Crippen LogP contribution in [-0.4, -0.2) is 4.98 Å². The highest BCUT2D eigenvalue weighted by molar-refractivity contribution is 7.80. The zero-order valence-electron chi connectivity index (χ0n) is 8.37. The summed E-state index contributed by atoms with van der Waals surface area (Å²) in [7, 11) is 0. The molecule has 4 heteroatoms. The van der Waals surface area contributed by atoms with E-state index in [0.717, 1.165) is 0 Å². The van der Waals surface area contributed by atoms with Crippen molar-refractivity contribution in [3.63, 3.8) is 0 Å². The van der Waals surface area contributed by atoms with Crippen LogP contribution in [0.3, 0.4) is 0 Å². The number of aromatic nitrogens is 1. The van der Waals surface area contributed by atoms with E-state index < -0.39 is 11.2 Å². The Morgan fingerprint density at radius 2 is 2.20 bits per heavy atom. The molecule has 0 atom stereocenters. The summed E-state index contributed by atoms with van der Waals surface area (Å²) in [6.07, 6.45) is 1.43. The van der Waals surface area contributed by atoms with Gasteiger partial charge < -0.3 is 0 Å². The number of pyridine rings is 1. The van der Waals surface area contributed by atoms with Gasteiger partial charge in [0.1, 0.15) is 11.1 Å². The van der Waals surface area contributed by atoms with Crippen LogP contribution in [0.25, 0.3) is 0 Å². The summed E-state index contributed by atoms with van der Waals surface area (Å²) in [5.41, 5.74) is -0.786. The maximum atomic E-state index is 13.4. The molecule has 1 aromatic rings. The minimum Gasteiger partial charge on any atom is -0.245 e. The molecule has 0 aromatic carbocycles. The largest absolute Gasteiger partial charge is 0.245 e. The second-order valence-electron chi connectivity index (χ2n) is 3.48. The van der Waals surface area contributed by atoms with E-state index in [4.69, 9.17) is 5.26 Å². The number of nitrogens with zero attached hydrogens (tertiary/aromatic N) is 2. The van der Waals surface area contributed by atoms with Gasteiger partial charge in [-0.1, -0.05) is 5.92 Å². The first kappa shape index (κ1) is 11.6. The third kappa shape index (κ3) is 2.97. The van der Waals surface area contributed by atoms with E-state index in [2.05, 4.69) is 29.5 Å². The van der Waals surface area contributed by atoms with Crippen molar-refractivity contribution in [1.82, 2.24) is 4.98 Å². The summed E-state index contributed by atoms with van der Waals surface area (Å²) < 4.78 is 13.4. The molecule has 0 fully saturated rings. The van der Waals surface area contributed by atoms with E-state index in [1.165, 1.54) is 12.3 Å². The van der Waals surface area contributed by atoms with Gasteiger partial charge in [0, 0.05) is 11.1 Å². The molecule has 76 valence electrons. The van der Waals surface area contributed by atoms with E-state index in [0.29, 0.717) is 0 Å². The summed E-state index contributed by atoms with van der Waals surface area (Å²) >= 11 is 3.91. The average Bonchev–Trinajstić information content (AvgIpc) is 2.20. The molecule has 0 radical (unpaired) electrons. The van der Waals surface area contributed by atoms with E-state index in [9.17, 15) is 4.39 Å². The summed E-state index contributed by atoms with van der Waals surface area (Å²) in [6, 6.07) is 3.45. The Labute approximate surface area is 93.6 Å². The van der Waals surface area contributed by atoms with Crippen LogP contribution >= 0.6 is 12.6 Å². The highest BCUT2D eigenvalue weighted by atomic mass is 32.1. The summed E-state index contributed by atoms with van der Waals surface area (Å²) in [4.78, 5) is 3.97. The lowest BCUT2D eigenvalue weighted by atomic mass is 9.97. The van der Waals surface area contributed by atoms with Gasteiger partial charge in [0.05, 0.1) is 6.07 Å². The lowest BCUT2D eigenvalue weighted by molar-refractivity contribution is 0.591. The van der Waals surface area contributed by atoms with Crippen LogP contribution in [0.5, 0.6) is 0 Å². The summed E-state index contributed by atoms with van der Waals surface area (Å²) in [6.45, 7) is 3.31. The zero-order chi connectivity index (χ0) is 11.5. The maximum Gasteiger partial charge on any atom is 0.170 e. The second-order valence-corrected chi connectivity index (χ2v) is 3.96. The molecule has 0 unspecified atom stereocenters. The fourth-order valence-electron chi connectivity index (χ4n) is 0.764. The number of thiol groups is 1. The topological polar surface area (TPSA) is 36.7 Å². The Morgan fingerprint density at radius 3 is 2.80 bits per heavy atom. The van der Waals surface area contributed by atoms with Gasteiger partial charge in [-0.2, -0.15) is 5.26 Å². The molecule has 0 saturated heterocycles. The molecular formula is C11H9FN2S. The minimum absolute atomic E-state index is 0.0193. The molecule has 1 rings (SSSR count). The molecular weight excluding hydrogens is 211 g/mol. The molecule has 0 bridgehead atoms. The minimum atomic E-state index is -0.805. The first-order chi connectivity index (χ1) is 6.96. The van der Waals surface area contributed by atoms with Crippen molar-refractivity contribution in [3.05, 3.63) is 23.8 Å². The molecule has 2 nitrogen and oxygen atoms in total. The average molecular weight is 220 g/mol. The second kappa shape index (κ2) is 4.33. The molecule has 1 heterocycles. The van der Waals surface area contributed by atoms with Gasteiger partial charge in [0.15, 0.2) is 5.82 Å². The van der Waals surface area contributed by atoms with Crippen LogP contribution in [0.4, 0.5) is 4.39 Å². The number of hydrogen-bond acceptors (Lipinski definition) is 3. The van der Waals surface area contributed by atoms with Gasteiger partial charge in [0.25, 0.3) is 0 Å². The van der Waals surface area contributed by atoms with Gasteiger partial charge in [-0.25, -0.2) is 9.37 Å². The monoisotopic (exact) mass is 220 g/mol. The molecule has 15 heavy (non-hydrogen) atoms. The fourth-order valence-corrected chi connectivity index (χ4v) is 0.937. The molecule has 0 aliphatic heterocycles. The van der Waals surface area contributed by atoms with Crippen LogP contribution in [0.2, 0.25) is 0 Å². The highest BCUT2D eigenvalue weighted by Gasteiger charge is 2.12. The van der Waals surface area contributed by atoms with Crippen LogP contribution in [-0.2, 0) is 0 Å². The predicted octanol–water partition coefficient (Wildman–Crippen LogP) is 2.41. The van der Waals surface area contributed by atoms with Gasteiger partial charge in [0.2, 0.25) is 0 Å². The molecule has 0 amide bonds. The molecule has 0 N–H and O–H groups in total. The van der Waals surface area contributed by atoms with Crippen molar-refractivity contribution in [3.8, 4) is 17.9 Å². The Bertz CT molecular complexity index is 478. The third-order valence-electron chi connectivity index (χ3n) is 1.64. The van der Waals surface area contributed by atoms with Gasteiger partial charge in [-0.3, -0.25) is 0 Å². The predicted molar refractivity (Wildman–Crippen MR) is 57.7 cm³/mol. The molecule has 0 aliphatic carbocycles. The van der Waals surface area contributed by atoms with Crippen LogP contribution in [0, 0.1) is 34.4 Å². The smallest absolute Gasteiger partial charge is 0.170 e. The van der Waals surface area contributed by atoms with E-state index >= 15 is 0 Å². The van der Waals surface area contributed by atoms with Crippen LogP contribution in [0.15, 0.2) is 17.2 Å².